The molecule has 0 aromatic carbocycles. The van der Waals surface area contributed by atoms with Crippen molar-refractivity contribution in [3.63, 3.8) is 0 Å². The molecule has 5 nitrogen and oxygen atoms in total. The van der Waals surface area contributed by atoms with Crippen LogP contribution in [0.5, 0.6) is 0 Å². The Morgan fingerprint density at radius 1 is 0.971 bits per heavy atom. The fourth-order valence-corrected chi connectivity index (χ4v) is 11.1. The zero-order chi connectivity index (χ0) is 25.8. The molecule has 198 valence electrons. The lowest BCUT2D eigenvalue weighted by Crippen LogP contribution is -2.64. The lowest BCUT2D eigenvalue weighted by atomic mass is 9.41. The molecule has 0 aliphatic heterocycles. The van der Waals surface area contributed by atoms with Crippen LogP contribution < -0.4 is 0 Å². The van der Waals surface area contributed by atoms with E-state index in [4.69, 9.17) is 0 Å². The monoisotopic (exact) mass is 488 g/mol. The molecule has 12 atom stereocenters. The Kier molecular flexibility index (Phi) is 5.73. The second-order valence-electron chi connectivity index (χ2n) is 14.3. The van der Waals surface area contributed by atoms with Crippen molar-refractivity contribution >= 4 is 5.97 Å². The first-order chi connectivity index (χ1) is 16.2. The van der Waals surface area contributed by atoms with Crippen LogP contribution in [0.4, 0.5) is 0 Å². The molecule has 0 radical (unpaired) electrons. The predicted molar refractivity (Wildman–Crippen MR) is 135 cm³/mol. The highest BCUT2D eigenvalue weighted by Gasteiger charge is 2.86. The Labute approximate surface area is 211 Å². The first-order valence-corrected chi connectivity index (χ1v) is 14.1. The summed E-state index contributed by atoms with van der Waals surface area (Å²) in [6.07, 6.45) is 7.99. The number of carboxylic acid groups (broad SMARTS) is 1. The molecule has 0 aromatic heterocycles. The molecule has 0 bridgehead atoms. The van der Waals surface area contributed by atoms with Gasteiger partial charge >= 0.3 is 5.97 Å². The Hall–Kier alpha value is -0.910. The summed E-state index contributed by atoms with van der Waals surface area (Å²) in [5.41, 5.74) is -0.588. The molecule has 0 aromatic rings. The van der Waals surface area contributed by atoms with Crippen molar-refractivity contribution in [2.45, 2.75) is 118 Å². The molecule has 5 saturated carbocycles. The van der Waals surface area contributed by atoms with E-state index in [1.54, 1.807) is 6.92 Å². The van der Waals surface area contributed by atoms with Gasteiger partial charge in [-0.2, -0.15) is 0 Å². The van der Waals surface area contributed by atoms with Crippen LogP contribution in [0.25, 0.3) is 0 Å². The van der Waals surface area contributed by atoms with Crippen molar-refractivity contribution in [3.8, 4) is 0 Å². The van der Waals surface area contributed by atoms with E-state index in [-0.39, 0.29) is 40.6 Å². The van der Waals surface area contributed by atoms with Gasteiger partial charge in [0.15, 0.2) is 0 Å². The van der Waals surface area contributed by atoms with Crippen LogP contribution in [0.1, 0.15) is 99.3 Å². The minimum Gasteiger partial charge on any atom is -0.481 e. The van der Waals surface area contributed by atoms with Gasteiger partial charge in [0.05, 0.1) is 23.7 Å². The molecule has 2 spiro atoms. The van der Waals surface area contributed by atoms with E-state index in [2.05, 4.69) is 40.7 Å². The molecule has 5 aliphatic carbocycles. The van der Waals surface area contributed by atoms with E-state index in [0.29, 0.717) is 18.3 Å². The highest BCUT2D eigenvalue weighted by molar-refractivity contribution is 5.76. The third kappa shape index (κ3) is 2.90. The fraction of sp³-hybridized carbons (Fsp3) is 0.900. The van der Waals surface area contributed by atoms with Gasteiger partial charge in [-0.15, -0.1) is 0 Å². The minimum absolute atomic E-state index is 0.0403. The molecule has 0 saturated heterocycles. The Balaban J connectivity index is 1.49. The summed E-state index contributed by atoms with van der Waals surface area (Å²) in [7, 11) is 0. The number of aliphatic hydroxyl groups excluding tert-OH is 3. The Bertz CT molecular complexity index is 926. The van der Waals surface area contributed by atoms with Crippen molar-refractivity contribution in [2.24, 2.45) is 50.7 Å². The van der Waals surface area contributed by atoms with Gasteiger partial charge in [0.1, 0.15) is 0 Å². The van der Waals surface area contributed by atoms with E-state index in [0.717, 1.165) is 44.9 Å². The lowest BCUT2D eigenvalue weighted by molar-refractivity contribution is -0.217. The van der Waals surface area contributed by atoms with Crippen LogP contribution in [0.3, 0.4) is 0 Å². The van der Waals surface area contributed by atoms with Gasteiger partial charge in [0.2, 0.25) is 0 Å². The van der Waals surface area contributed by atoms with Crippen LogP contribution in [-0.2, 0) is 4.79 Å². The maximum atomic E-state index is 12.5. The van der Waals surface area contributed by atoms with E-state index in [9.17, 15) is 25.2 Å². The van der Waals surface area contributed by atoms with Crippen molar-refractivity contribution in [2.75, 3.05) is 0 Å². The predicted octanol–water partition coefficient (Wildman–Crippen LogP) is 5.18. The summed E-state index contributed by atoms with van der Waals surface area (Å²) < 4.78 is 0. The second-order valence-corrected chi connectivity index (χ2v) is 14.3. The Morgan fingerprint density at radius 2 is 1.63 bits per heavy atom. The first kappa shape index (κ1) is 25.7. The van der Waals surface area contributed by atoms with Crippen LogP contribution in [0.15, 0.2) is 11.6 Å². The quantitative estimate of drug-likeness (QED) is 0.400. The number of carbonyl (C=O) groups is 1. The Morgan fingerprint density at radius 3 is 2.26 bits per heavy atom. The number of carboxylic acids is 1. The summed E-state index contributed by atoms with van der Waals surface area (Å²) in [4.78, 5) is 12.5. The van der Waals surface area contributed by atoms with E-state index in [1.807, 2.05) is 0 Å². The zero-order valence-electron chi connectivity index (χ0n) is 22.7. The standard InChI is InChI=1S/C30H48O5/c1-17(2)8-7-9-18(3)19-14-23(32)28(6)21-11-10-20-27(5,25(34)35)22(31)15-24(33)30(20)16-29(21,30)13-12-26(19,28)4/h8,18-24,31-33H,7,9-16H2,1-6H3,(H,34,35)/t18-,19-,20+,21+,22+,23+,24+,26-,27+,28-,29+,30-/m1/s1. The molecule has 0 heterocycles. The zero-order valence-corrected chi connectivity index (χ0v) is 22.7. The molecule has 5 aliphatic rings. The van der Waals surface area contributed by atoms with Crippen LogP contribution in [-0.4, -0.2) is 44.7 Å². The summed E-state index contributed by atoms with van der Waals surface area (Å²) in [5, 5.41) is 44.2. The fourth-order valence-electron chi connectivity index (χ4n) is 11.1. The topological polar surface area (TPSA) is 98.0 Å². The van der Waals surface area contributed by atoms with Crippen molar-refractivity contribution in [3.05, 3.63) is 11.6 Å². The third-order valence-electron chi connectivity index (χ3n) is 13.3. The summed E-state index contributed by atoms with van der Waals surface area (Å²) in [6.45, 7) is 13.2. The minimum atomic E-state index is -1.22. The summed E-state index contributed by atoms with van der Waals surface area (Å²) >= 11 is 0. The van der Waals surface area contributed by atoms with Gasteiger partial charge in [-0.05, 0) is 107 Å². The summed E-state index contributed by atoms with van der Waals surface area (Å²) in [5.74, 6) is 0.155. The molecule has 4 N–H and O–H groups in total. The summed E-state index contributed by atoms with van der Waals surface area (Å²) in [6, 6.07) is 0. The molecule has 35 heavy (non-hydrogen) atoms. The molecule has 5 fully saturated rings. The van der Waals surface area contributed by atoms with Crippen molar-refractivity contribution in [1.29, 1.82) is 0 Å². The number of fused-ring (bicyclic) bond motifs is 2. The lowest BCUT2D eigenvalue weighted by Gasteiger charge is -2.64. The van der Waals surface area contributed by atoms with Gasteiger partial charge in [-0.3, -0.25) is 4.79 Å². The maximum Gasteiger partial charge on any atom is 0.312 e. The first-order valence-electron chi connectivity index (χ1n) is 14.1. The number of hydrogen-bond donors (Lipinski definition) is 4. The molecule has 0 amide bonds. The number of rotatable bonds is 5. The normalized spacial score (nSPS) is 55.1. The van der Waals surface area contributed by atoms with Crippen LogP contribution in [0.2, 0.25) is 0 Å². The van der Waals surface area contributed by atoms with E-state index < -0.39 is 29.0 Å². The number of aliphatic hydroxyl groups is 3. The van der Waals surface area contributed by atoms with Gasteiger partial charge in [-0.25, -0.2) is 0 Å². The number of allylic oxidation sites excluding steroid dienone is 2. The van der Waals surface area contributed by atoms with Crippen molar-refractivity contribution in [1.82, 2.24) is 0 Å². The average molecular weight is 489 g/mol. The largest absolute Gasteiger partial charge is 0.481 e. The average Bonchev–Trinajstić information content (AvgIpc) is 3.42. The highest BCUT2D eigenvalue weighted by atomic mass is 16.4. The molecule has 5 heteroatoms. The van der Waals surface area contributed by atoms with Gasteiger partial charge in [0, 0.05) is 17.3 Å². The SMILES string of the molecule is CC(C)=CCC[C@@H](C)[C@H]1C[C@H](O)[C@@]2(C)[C@@H]3CC[C@H]4[C@](C)(C(=O)O)[C@@H](O)C[C@H](O)[C@@]45C[C@@]35CC[C@]12C. The smallest absolute Gasteiger partial charge is 0.312 e. The van der Waals surface area contributed by atoms with E-state index in [1.165, 1.54) is 5.57 Å². The maximum absolute atomic E-state index is 12.5. The molecular weight excluding hydrogens is 440 g/mol. The van der Waals surface area contributed by atoms with Crippen molar-refractivity contribution < 1.29 is 25.2 Å². The molecule has 5 rings (SSSR count). The number of aliphatic carboxylic acids is 1. The van der Waals surface area contributed by atoms with Gasteiger partial charge in [0.25, 0.3) is 0 Å². The third-order valence-corrected chi connectivity index (χ3v) is 13.3. The molecular formula is C30H48O5. The number of hydrogen-bond acceptors (Lipinski definition) is 4. The molecule has 0 unspecified atom stereocenters. The van der Waals surface area contributed by atoms with Gasteiger partial charge in [-0.1, -0.05) is 32.4 Å². The highest BCUT2D eigenvalue weighted by Crippen LogP contribution is 2.89. The van der Waals surface area contributed by atoms with Crippen LogP contribution >= 0.6 is 0 Å². The van der Waals surface area contributed by atoms with Gasteiger partial charge < -0.3 is 20.4 Å². The van der Waals surface area contributed by atoms with E-state index >= 15 is 0 Å². The second kappa shape index (κ2) is 7.80. The van der Waals surface area contributed by atoms with Crippen LogP contribution in [0, 0.1) is 50.7 Å².